The fraction of sp³-hybridized carbons (Fsp3) is 0.571. The van der Waals surface area contributed by atoms with Crippen molar-refractivity contribution >= 4 is 11.6 Å². The molecule has 1 saturated carbocycles. The van der Waals surface area contributed by atoms with E-state index in [1.807, 2.05) is 12.1 Å². The van der Waals surface area contributed by atoms with Gasteiger partial charge in [0, 0.05) is 12.6 Å². The van der Waals surface area contributed by atoms with Crippen LogP contribution in [0.5, 0.6) is 11.5 Å². The van der Waals surface area contributed by atoms with Crippen molar-refractivity contribution in [1.82, 2.24) is 5.32 Å². The normalized spacial score (nSPS) is 25.4. The zero-order chi connectivity index (χ0) is 13.4. The van der Waals surface area contributed by atoms with Crippen molar-refractivity contribution in [2.75, 3.05) is 19.9 Å². The van der Waals surface area contributed by atoms with Crippen LogP contribution in [0.3, 0.4) is 0 Å². The fourth-order valence-electron chi connectivity index (χ4n) is 2.50. The number of fused-ring (bicyclic) bond motifs is 1. The molecule has 0 radical (unpaired) electrons. The molecule has 0 saturated heterocycles. The summed E-state index contributed by atoms with van der Waals surface area (Å²) < 4.78 is 10.7. The molecule has 3 atom stereocenters. The molecule has 1 aromatic rings. The monoisotopic (exact) mass is 282 g/mol. The van der Waals surface area contributed by atoms with Crippen LogP contribution in [0.15, 0.2) is 12.1 Å². The average Bonchev–Trinajstić information content (AvgIpc) is 2.90. The van der Waals surface area contributed by atoms with Crippen LogP contribution in [-0.4, -0.2) is 19.9 Å². The van der Waals surface area contributed by atoms with Gasteiger partial charge in [-0.2, -0.15) is 0 Å². The van der Waals surface area contributed by atoms with Crippen LogP contribution >= 0.6 is 11.6 Å². The lowest BCUT2D eigenvalue weighted by atomic mass is 10.1. The predicted octanol–water partition coefficient (Wildman–Crippen LogP) is 2.31. The quantitative estimate of drug-likeness (QED) is 0.870. The topological polar surface area (TPSA) is 56.5 Å². The predicted molar refractivity (Wildman–Crippen MR) is 74.6 cm³/mol. The number of ether oxygens (including phenoxy) is 2. The molecule has 0 amide bonds. The van der Waals surface area contributed by atoms with E-state index in [-0.39, 0.29) is 12.8 Å². The highest BCUT2D eigenvalue weighted by molar-refractivity contribution is 6.32. The fourth-order valence-corrected chi connectivity index (χ4v) is 2.78. The van der Waals surface area contributed by atoms with E-state index < -0.39 is 0 Å². The standard InChI is InChI=1S/C14H19ClN2O2/c1-8-2-10(8)6-17-12(5-16)9-3-11(15)14-13(4-9)18-7-19-14/h3-4,8,10,12,17H,2,5-7,16H2,1H3. The third-order valence-corrected chi connectivity index (χ3v) is 4.27. The minimum Gasteiger partial charge on any atom is -0.454 e. The highest BCUT2D eigenvalue weighted by Gasteiger charge is 2.32. The van der Waals surface area contributed by atoms with E-state index in [2.05, 4.69) is 12.2 Å². The van der Waals surface area contributed by atoms with E-state index in [0.717, 1.165) is 23.9 Å². The summed E-state index contributed by atoms with van der Waals surface area (Å²) in [5, 5.41) is 4.10. The van der Waals surface area contributed by atoms with Crippen LogP contribution in [0, 0.1) is 11.8 Å². The molecule has 4 nitrogen and oxygen atoms in total. The number of nitrogens with two attached hydrogens (primary N) is 1. The number of halogens is 1. The maximum absolute atomic E-state index is 6.20. The summed E-state index contributed by atoms with van der Waals surface area (Å²) in [5.41, 5.74) is 6.92. The Balaban J connectivity index is 1.73. The molecule has 1 heterocycles. The van der Waals surface area contributed by atoms with Gasteiger partial charge in [-0.25, -0.2) is 0 Å². The molecule has 0 aromatic heterocycles. The Morgan fingerprint density at radius 2 is 2.26 bits per heavy atom. The van der Waals surface area contributed by atoms with Crippen molar-refractivity contribution in [1.29, 1.82) is 0 Å². The number of benzene rings is 1. The zero-order valence-electron chi connectivity index (χ0n) is 11.0. The van der Waals surface area contributed by atoms with Gasteiger partial charge in [-0.1, -0.05) is 18.5 Å². The third kappa shape index (κ3) is 2.66. The first-order valence-electron chi connectivity index (χ1n) is 6.71. The minimum absolute atomic E-state index is 0.111. The number of rotatable bonds is 5. The summed E-state index contributed by atoms with van der Waals surface area (Å²) in [5.74, 6) is 2.98. The summed E-state index contributed by atoms with van der Waals surface area (Å²) in [7, 11) is 0. The SMILES string of the molecule is CC1CC1CNC(CN)c1cc(Cl)c2c(c1)OCO2. The van der Waals surface area contributed by atoms with E-state index in [0.29, 0.717) is 23.1 Å². The molecule has 104 valence electrons. The highest BCUT2D eigenvalue weighted by atomic mass is 35.5. The molecule has 1 aliphatic carbocycles. The van der Waals surface area contributed by atoms with Gasteiger partial charge < -0.3 is 20.5 Å². The first-order valence-corrected chi connectivity index (χ1v) is 7.09. The molecule has 19 heavy (non-hydrogen) atoms. The van der Waals surface area contributed by atoms with Crippen LogP contribution in [0.1, 0.15) is 24.9 Å². The van der Waals surface area contributed by atoms with E-state index in [9.17, 15) is 0 Å². The Bertz CT molecular complexity index is 481. The lowest BCUT2D eigenvalue weighted by Gasteiger charge is -2.18. The minimum atomic E-state index is 0.111. The van der Waals surface area contributed by atoms with Gasteiger partial charge in [0.15, 0.2) is 11.5 Å². The van der Waals surface area contributed by atoms with Gasteiger partial charge in [-0.15, -0.1) is 0 Å². The molecule has 1 aliphatic heterocycles. The van der Waals surface area contributed by atoms with Crippen LogP contribution < -0.4 is 20.5 Å². The van der Waals surface area contributed by atoms with Crippen LogP contribution in [0.4, 0.5) is 0 Å². The first kappa shape index (κ1) is 13.0. The highest BCUT2D eigenvalue weighted by Crippen LogP contribution is 2.41. The van der Waals surface area contributed by atoms with Crippen molar-refractivity contribution in [3.05, 3.63) is 22.7 Å². The van der Waals surface area contributed by atoms with E-state index in [1.165, 1.54) is 6.42 Å². The second kappa shape index (κ2) is 5.19. The van der Waals surface area contributed by atoms with Gasteiger partial charge in [-0.3, -0.25) is 0 Å². The van der Waals surface area contributed by atoms with Crippen molar-refractivity contribution in [2.24, 2.45) is 17.6 Å². The van der Waals surface area contributed by atoms with E-state index in [1.54, 1.807) is 0 Å². The lowest BCUT2D eigenvalue weighted by molar-refractivity contribution is 0.174. The molecule has 3 unspecified atom stereocenters. The average molecular weight is 283 g/mol. The van der Waals surface area contributed by atoms with Crippen molar-refractivity contribution in [2.45, 2.75) is 19.4 Å². The molecular formula is C14H19ClN2O2. The summed E-state index contributed by atoms with van der Waals surface area (Å²) >= 11 is 6.20. The summed E-state index contributed by atoms with van der Waals surface area (Å²) in [6.45, 7) is 4.06. The van der Waals surface area contributed by atoms with Crippen LogP contribution in [0.2, 0.25) is 5.02 Å². The largest absolute Gasteiger partial charge is 0.454 e. The number of nitrogens with one attached hydrogen (secondary N) is 1. The molecule has 2 aliphatic rings. The number of hydrogen-bond acceptors (Lipinski definition) is 4. The molecular weight excluding hydrogens is 264 g/mol. The molecule has 1 fully saturated rings. The molecule has 1 aromatic carbocycles. The smallest absolute Gasteiger partial charge is 0.231 e. The number of hydrogen-bond donors (Lipinski definition) is 2. The summed E-state index contributed by atoms with van der Waals surface area (Å²) in [4.78, 5) is 0. The lowest BCUT2D eigenvalue weighted by Crippen LogP contribution is -2.30. The second-order valence-electron chi connectivity index (χ2n) is 5.41. The maximum atomic E-state index is 6.20. The Morgan fingerprint density at radius 1 is 1.47 bits per heavy atom. The second-order valence-corrected chi connectivity index (χ2v) is 5.81. The molecule has 3 N–H and O–H groups in total. The van der Waals surface area contributed by atoms with Crippen LogP contribution in [0.25, 0.3) is 0 Å². The molecule has 5 heteroatoms. The summed E-state index contributed by atoms with van der Waals surface area (Å²) in [6.07, 6.45) is 1.31. The Morgan fingerprint density at radius 3 is 2.95 bits per heavy atom. The van der Waals surface area contributed by atoms with E-state index in [4.69, 9.17) is 26.8 Å². The van der Waals surface area contributed by atoms with Crippen molar-refractivity contribution in [3.8, 4) is 11.5 Å². The Hall–Kier alpha value is -0.970. The van der Waals surface area contributed by atoms with Gasteiger partial charge in [0.1, 0.15) is 0 Å². The first-order chi connectivity index (χ1) is 9.19. The van der Waals surface area contributed by atoms with Crippen LogP contribution in [-0.2, 0) is 0 Å². The van der Waals surface area contributed by atoms with Crippen molar-refractivity contribution in [3.63, 3.8) is 0 Å². The van der Waals surface area contributed by atoms with Gasteiger partial charge >= 0.3 is 0 Å². The Kier molecular flexibility index (Phi) is 3.56. The zero-order valence-corrected chi connectivity index (χ0v) is 11.7. The third-order valence-electron chi connectivity index (χ3n) is 3.99. The van der Waals surface area contributed by atoms with Gasteiger partial charge in [-0.05, 0) is 42.5 Å². The van der Waals surface area contributed by atoms with Gasteiger partial charge in [0.25, 0.3) is 0 Å². The Labute approximate surface area is 118 Å². The maximum Gasteiger partial charge on any atom is 0.231 e. The van der Waals surface area contributed by atoms with Gasteiger partial charge in [0.2, 0.25) is 6.79 Å². The van der Waals surface area contributed by atoms with E-state index >= 15 is 0 Å². The van der Waals surface area contributed by atoms with Gasteiger partial charge in [0.05, 0.1) is 5.02 Å². The molecule has 0 spiro atoms. The van der Waals surface area contributed by atoms with Crippen molar-refractivity contribution < 1.29 is 9.47 Å². The molecule has 0 bridgehead atoms. The molecule has 3 rings (SSSR count). The summed E-state index contributed by atoms with van der Waals surface area (Å²) in [6, 6.07) is 3.99.